The van der Waals surface area contributed by atoms with Crippen LogP contribution in [-0.4, -0.2) is 89.3 Å². The standard InChI is InChI=1S/C33H48N6O6S/c1-4-9-27-30-31(37(3)36-27)33(41)35-32(34-30)26-23-25(11-12-28(26)44-21-5-2)46(42,43)39-18-14-24(15-19-39)10-13-29(40)45-22-20-38-16-7-6-8-17-38/h11-12,23-24H,4-10,13-22H2,1-3H3,(H,34,35,41). The van der Waals surface area contributed by atoms with Gasteiger partial charge in [0.05, 0.1) is 22.8 Å². The number of aromatic amines is 1. The first-order chi connectivity index (χ1) is 22.2. The minimum Gasteiger partial charge on any atom is -0.493 e. The molecule has 0 aliphatic carbocycles. The summed E-state index contributed by atoms with van der Waals surface area (Å²) in [5.41, 5.74) is 1.67. The average molecular weight is 657 g/mol. The number of piperidine rings is 2. The van der Waals surface area contributed by atoms with Crippen LogP contribution >= 0.6 is 0 Å². The molecule has 0 radical (unpaired) electrons. The maximum absolute atomic E-state index is 13.8. The van der Waals surface area contributed by atoms with Gasteiger partial charge in [0, 0.05) is 33.1 Å². The SMILES string of the molecule is CCCOc1ccc(S(=O)(=O)N2CCC(CCC(=O)OCCN3CCCCC3)CC2)cc1-c1nc2c(CCC)nn(C)c2c(=O)[nH]1. The van der Waals surface area contributed by atoms with Crippen LogP contribution in [0.25, 0.3) is 22.4 Å². The van der Waals surface area contributed by atoms with E-state index >= 15 is 0 Å². The van der Waals surface area contributed by atoms with E-state index in [-0.39, 0.29) is 28.2 Å². The van der Waals surface area contributed by atoms with Gasteiger partial charge in [-0.2, -0.15) is 9.40 Å². The second-order valence-corrected chi connectivity index (χ2v) is 14.4. The fourth-order valence-electron chi connectivity index (χ4n) is 6.43. The third kappa shape index (κ3) is 7.98. The molecule has 5 rings (SSSR count). The van der Waals surface area contributed by atoms with Gasteiger partial charge in [0.1, 0.15) is 23.7 Å². The minimum atomic E-state index is -3.83. The highest BCUT2D eigenvalue weighted by Gasteiger charge is 2.31. The van der Waals surface area contributed by atoms with Crippen LogP contribution in [0.2, 0.25) is 0 Å². The molecule has 12 nitrogen and oxygen atoms in total. The van der Waals surface area contributed by atoms with E-state index in [9.17, 15) is 18.0 Å². The summed E-state index contributed by atoms with van der Waals surface area (Å²) in [5.74, 6) is 0.778. The van der Waals surface area contributed by atoms with Crippen molar-refractivity contribution in [2.24, 2.45) is 13.0 Å². The number of hydrogen-bond donors (Lipinski definition) is 1. The number of aryl methyl sites for hydroxylation is 2. The van der Waals surface area contributed by atoms with E-state index < -0.39 is 10.0 Å². The predicted octanol–water partition coefficient (Wildman–Crippen LogP) is 4.27. The number of nitrogens with one attached hydrogen (secondary N) is 1. The van der Waals surface area contributed by atoms with Gasteiger partial charge in [-0.1, -0.05) is 26.7 Å². The van der Waals surface area contributed by atoms with E-state index in [1.807, 2.05) is 13.8 Å². The number of nitrogens with zero attached hydrogens (tertiary/aromatic N) is 5. The molecular formula is C33H48N6O6S. The van der Waals surface area contributed by atoms with Gasteiger partial charge in [0.15, 0.2) is 5.52 Å². The van der Waals surface area contributed by atoms with E-state index in [0.717, 1.165) is 38.2 Å². The second-order valence-electron chi connectivity index (χ2n) is 12.4. The Labute approximate surface area is 271 Å². The van der Waals surface area contributed by atoms with Gasteiger partial charge in [-0.25, -0.2) is 13.4 Å². The molecule has 2 fully saturated rings. The first kappa shape index (κ1) is 34.1. The molecule has 2 aliphatic heterocycles. The predicted molar refractivity (Wildman–Crippen MR) is 176 cm³/mol. The molecule has 2 saturated heterocycles. The van der Waals surface area contributed by atoms with Crippen LogP contribution < -0.4 is 10.3 Å². The summed E-state index contributed by atoms with van der Waals surface area (Å²) in [4.78, 5) is 35.6. The summed E-state index contributed by atoms with van der Waals surface area (Å²) >= 11 is 0. The number of ether oxygens (including phenoxy) is 2. The lowest BCUT2D eigenvalue weighted by atomic mass is 9.93. The third-order valence-electron chi connectivity index (χ3n) is 9.00. The molecule has 0 spiro atoms. The molecule has 13 heteroatoms. The summed E-state index contributed by atoms with van der Waals surface area (Å²) in [5, 5.41) is 4.50. The zero-order valence-electron chi connectivity index (χ0n) is 27.4. The van der Waals surface area contributed by atoms with Crippen molar-refractivity contribution in [3.05, 3.63) is 34.2 Å². The van der Waals surface area contributed by atoms with Crippen LogP contribution in [0, 0.1) is 5.92 Å². The zero-order valence-corrected chi connectivity index (χ0v) is 28.2. The van der Waals surface area contributed by atoms with Gasteiger partial charge in [-0.05, 0) is 82.2 Å². The Balaban J connectivity index is 1.26. The molecule has 1 aromatic carbocycles. The maximum Gasteiger partial charge on any atom is 0.305 e. The normalized spacial score (nSPS) is 17.0. The van der Waals surface area contributed by atoms with Crippen molar-refractivity contribution in [1.29, 1.82) is 0 Å². The van der Waals surface area contributed by atoms with Crippen molar-refractivity contribution in [2.75, 3.05) is 45.9 Å². The van der Waals surface area contributed by atoms with Crippen molar-refractivity contribution in [2.45, 2.75) is 83.0 Å². The lowest BCUT2D eigenvalue weighted by Crippen LogP contribution is -2.38. The van der Waals surface area contributed by atoms with E-state index in [0.29, 0.717) is 80.8 Å². The van der Waals surface area contributed by atoms with Gasteiger partial charge in [-0.15, -0.1) is 0 Å². The van der Waals surface area contributed by atoms with Crippen LogP contribution in [0.15, 0.2) is 27.9 Å². The van der Waals surface area contributed by atoms with Gasteiger partial charge >= 0.3 is 5.97 Å². The zero-order chi connectivity index (χ0) is 32.7. The third-order valence-corrected chi connectivity index (χ3v) is 10.9. The summed E-state index contributed by atoms with van der Waals surface area (Å²) in [7, 11) is -2.11. The molecule has 0 amide bonds. The fourth-order valence-corrected chi connectivity index (χ4v) is 7.92. The average Bonchev–Trinajstić information content (AvgIpc) is 3.38. The Morgan fingerprint density at radius 3 is 2.52 bits per heavy atom. The lowest BCUT2D eigenvalue weighted by Gasteiger charge is -2.31. The number of hydrogen-bond acceptors (Lipinski definition) is 9. The maximum atomic E-state index is 13.8. The molecule has 3 aromatic rings. The number of rotatable bonds is 14. The Morgan fingerprint density at radius 1 is 1.04 bits per heavy atom. The highest BCUT2D eigenvalue weighted by molar-refractivity contribution is 7.89. The number of likely N-dealkylation sites (tertiary alicyclic amines) is 1. The summed E-state index contributed by atoms with van der Waals surface area (Å²) < 4.78 is 42.2. The number of benzene rings is 1. The quantitative estimate of drug-likeness (QED) is 0.252. The van der Waals surface area contributed by atoms with Gasteiger partial charge in [0.2, 0.25) is 10.0 Å². The minimum absolute atomic E-state index is 0.116. The molecule has 0 bridgehead atoms. The Hall–Kier alpha value is -3.29. The number of carbonyl (C=O) groups excluding carboxylic acids is 1. The highest BCUT2D eigenvalue weighted by atomic mass is 32.2. The van der Waals surface area contributed by atoms with E-state index in [1.54, 1.807) is 25.2 Å². The van der Waals surface area contributed by atoms with E-state index in [1.165, 1.54) is 28.2 Å². The number of fused-ring (bicyclic) bond motifs is 1. The molecule has 2 aliphatic rings. The van der Waals surface area contributed by atoms with Crippen LogP contribution in [-0.2, 0) is 33.0 Å². The van der Waals surface area contributed by atoms with Crippen molar-refractivity contribution in [3.8, 4) is 17.1 Å². The van der Waals surface area contributed by atoms with Crippen molar-refractivity contribution in [1.82, 2.24) is 29.0 Å². The topological polar surface area (TPSA) is 140 Å². The molecule has 252 valence electrons. The Kier molecular flexibility index (Phi) is 11.5. The first-order valence-corrected chi connectivity index (χ1v) is 18.3. The Morgan fingerprint density at radius 2 is 1.80 bits per heavy atom. The van der Waals surface area contributed by atoms with Gasteiger partial charge in [0.25, 0.3) is 5.56 Å². The van der Waals surface area contributed by atoms with Gasteiger partial charge < -0.3 is 14.5 Å². The smallest absolute Gasteiger partial charge is 0.305 e. The lowest BCUT2D eigenvalue weighted by molar-refractivity contribution is -0.144. The van der Waals surface area contributed by atoms with Crippen molar-refractivity contribution in [3.63, 3.8) is 0 Å². The number of aromatic nitrogens is 4. The molecule has 4 heterocycles. The molecule has 0 atom stereocenters. The molecule has 46 heavy (non-hydrogen) atoms. The molecule has 0 saturated carbocycles. The van der Waals surface area contributed by atoms with Crippen LogP contribution in [0.3, 0.4) is 0 Å². The monoisotopic (exact) mass is 656 g/mol. The summed E-state index contributed by atoms with van der Waals surface area (Å²) in [6, 6.07) is 4.74. The highest BCUT2D eigenvalue weighted by Crippen LogP contribution is 2.34. The fraction of sp³-hybridized carbons (Fsp3) is 0.636. The van der Waals surface area contributed by atoms with Crippen LogP contribution in [0.4, 0.5) is 0 Å². The van der Waals surface area contributed by atoms with Gasteiger partial charge in [-0.3, -0.25) is 19.2 Å². The Bertz CT molecular complexity index is 1650. The molecular weight excluding hydrogens is 608 g/mol. The molecule has 0 unspecified atom stereocenters. The number of H-pyrrole nitrogens is 1. The molecule has 1 N–H and O–H groups in total. The largest absolute Gasteiger partial charge is 0.493 e. The summed E-state index contributed by atoms with van der Waals surface area (Å²) in [6.07, 6.45) is 8.37. The van der Waals surface area contributed by atoms with Crippen LogP contribution in [0.5, 0.6) is 5.75 Å². The number of esters is 1. The second kappa shape index (κ2) is 15.5. The van der Waals surface area contributed by atoms with Crippen molar-refractivity contribution < 1.29 is 22.7 Å². The van der Waals surface area contributed by atoms with E-state index in [4.69, 9.17) is 14.5 Å². The van der Waals surface area contributed by atoms with Crippen LogP contribution in [0.1, 0.15) is 77.3 Å². The van der Waals surface area contributed by atoms with Crippen molar-refractivity contribution >= 4 is 27.0 Å². The number of sulfonamides is 1. The van der Waals surface area contributed by atoms with E-state index in [2.05, 4.69) is 15.0 Å². The number of carbonyl (C=O) groups is 1. The summed E-state index contributed by atoms with van der Waals surface area (Å²) in [6.45, 7) is 8.57. The molecule has 2 aromatic heterocycles. The first-order valence-electron chi connectivity index (χ1n) is 16.8.